The molecule has 1 aromatic carbocycles. The van der Waals surface area contributed by atoms with Gasteiger partial charge in [-0.1, -0.05) is 32.7 Å². The molecular weight excluding hydrogens is 366 g/mol. The van der Waals surface area contributed by atoms with Gasteiger partial charge in [-0.3, -0.25) is 4.36 Å². The number of hydrogen-bond acceptors (Lipinski definition) is 4. The first kappa shape index (κ1) is 18.1. The summed E-state index contributed by atoms with van der Waals surface area (Å²) in [6.45, 7) is 3.36. The Balaban J connectivity index is 1.55. The first-order valence-corrected chi connectivity index (χ1v) is 10.0. The fraction of sp³-hybridized carbons (Fsp3) is 0.625. The van der Waals surface area contributed by atoms with Crippen LogP contribution in [0.5, 0.6) is 0 Å². The first-order chi connectivity index (χ1) is 10.8. The lowest BCUT2D eigenvalue weighted by atomic mass is 10.2. The van der Waals surface area contributed by atoms with Crippen molar-refractivity contribution in [2.24, 2.45) is 4.36 Å². The second-order valence-corrected chi connectivity index (χ2v) is 7.67. The quantitative estimate of drug-likeness (QED) is 0.634. The van der Waals surface area contributed by atoms with Crippen LogP contribution in [0.2, 0.25) is 0 Å². The minimum atomic E-state index is -0.0910. The molecule has 0 bridgehead atoms. The molecule has 1 saturated heterocycles. The van der Waals surface area contributed by atoms with E-state index in [1.807, 2.05) is 12.1 Å². The summed E-state index contributed by atoms with van der Waals surface area (Å²) in [4.78, 5) is 1.24. The largest absolute Gasteiger partial charge is 0.377 e. The second-order valence-electron chi connectivity index (χ2n) is 5.07. The Kier molecular flexibility index (Phi) is 8.62. The van der Waals surface area contributed by atoms with Gasteiger partial charge in [0, 0.05) is 16.0 Å². The lowest BCUT2D eigenvalue weighted by Crippen LogP contribution is -2.24. The average Bonchev–Trinajstić information content (AvgIpc) is 2.54. The Morgan fingerprint density at radius 2 is 2.23 bits per heavy atom. The van der Waals surface area contributed by atoms with E-state index in [0.29, 0.717) is 26.4 Å². The normalized spacial score (nSPS) is 20.2. The van der Waals surface area contributed by atoms with E-state index in [1.165, 1.54) is 11.3 Å². The summed E-state index contributed by atoms with van der Waals surface area (Å²) in [6.07, 6.45) is 5.44. The van der Waals surface area contributed by atoms with E-state index in [1.54, 1.807) is 0 Å². The summed E-state index contributed by atoms with van der Waals surface area (Å²) in [5.74, 6) is 0. The van der Waals surface area contributed by atoms with Crippen LogP contribution in [-0.4, -0.2) is 45.5 Å². The average molecular weight is 390 g/mol. The van der Waals surface area contributed by atoms with Crippen molar-refractivity contribution in [2.45, 2.75) is 30.4 Å². The molecule has 2 unspecified atom stereocenters. The number of benzene rings is 1. The van der Waals surface area contributed by atoms with E-state index in [2.05, 4.69) is 38.7 Å². The van der Waals surface area contributed by atoms with E-state index in [-0.39, 0.29) is 17.0 Å². The highest BCUT2D eigenvalue weighted by molar-refractivity contribution is 9.10. The van der Waals surface area contributed by atoms with Gasteiger partial charge in [-0.25, -0.2) is 0 Å². The number of hydrogen-bond donors (Lipinski definition) is 0. The molecule has 0 aliphatic carbocycles. The molecule has 0 N–H and O–H groups in total. The van der Waals surface area contributed by atoms with Gasteiger partial charge in [-0.2, -0.15) is 0 Å². The maximum atomic E-state index is 5.61. The van der Waals surface area contributed by atoms with Crippen LogP contribution in [0.1, 0.15) is 19.3 Å². The Labute approximate surface area is 143 Å². The highest BCUT2D eigenvalue weighted by Crippen LogP contribution is 2.15. The van der Waals surface area contributed by atoms with Crippen LogP contribution < -0.4 is 0 Å². The molecule has 0 amide bonds. The molecule has 4 nitrogen and oxygen atoms in total. The van der Waals surface area contributed by atoms with Crippen molar-refractivity contribution in [3.05, 3.63) is 28.7 Å². The molecule has 0 saturated carbocycles. The van der Waals surface area contributed by atoms with Crippen LogP contribution in [0.3, 0.4) is 0 Å². The lowest BCUT2D eigenvalue weighted by Gasteiger charge is -2.22. The predicted octanol–water partition coefficient (Wildman–Crippen LogP) is 3.80. The Morgan fingerprint density at radius 1 is 1.32 bits per heavy atom. The maximum absolute atomic E-state index is 5.61. The Morgan fingerprint density at radius 3 is 3.00 bits per heavy atom. The summed E-state index contributed by atoms with van der Waals surface area (Å²) in [6, 6.07) is 8.29. The summed E-state index contributed by atoms with van der Waals surface area (Å²) in [5.41, 5.74) is 0. The van der Waals surface area contributed by atoms with Crippen molar-refractivity contribution in [2.75, 3.05) is 39.2 Å². The summed E-state index contributed by atoms with van der Waals surface area (Å²) in [5, 5.41) is 0. The number of halogens is 1. The van der Waals surface area contributed by atoms with Crippen LogP contribution in [0.4, 0.5) is 0 Å². The van der Waals surface area contributed by atoms with Crippen LogP contribution in [-0.2, 0) is 24.9 Å². The van der Waals surface area contributed by atoms with E-state index in [0.717, 1.165) is 23.9 Å². The molecule has 124 valence electrons. The van der Waals surface area contributed by atoms with Crippen LogP contribution in [0, 0.1) is 0 Å². The third-order valence-corrected chi connectivity index (χ3v) is 5.33. The van der Waals surface area contributed by atoms with Gasteiger partial charge >= 0.3 is 0 Å². The molecule has 1 heterocycles. The van der Waals surface area contributed by atoms with Crippen molar-refractivity contribution in [3.63, 3.8) is 0 Å². The van der Waals surface area contributed by atoms with Crippen molar-refractivity contribution in [3.8, 4) is 0 Å². The third-order valence-electron chi connectivity index (χ3n) is 3.33. The molecule has 1 aliphatic heterocycles. The Hall–Kier alpha value is -0.270. The molecule has 0 aromatic heterocycles. The van der Waals surface area contributed by atoms with Crippen molar-refractivity contribution < 1.29 is 14.2 Å². The van der Waals surface area contributed by atoms with Crippen LogP contribution >= 0.6 is 15.9 Å². The predicted molar refractivity (Wildman–Crippen MR) is 93.4 cm³/mol. The van der Waals surface area contributed by atoms with Gasteiger partial charge in [0.2, 0.25) is 0 Å². The standard InChI is InChI=1S/C16H24BrNO3S/c1-22(15-6-4-5-14(17)13-15)18-8-10-19-11-12-21-16-7-2-3-9-20-16/h4-6,13,16H,2-3,7-12H2,1H3. The zero-order valence-corrected chi connectivity index (χ0v) is 15.4. The van der Waals surface area contributed by atoms with E-state index >= 15 is 0 Å². The van der Waals surface area contributed by atoms with E-state index in [9.17, 15) is 0 Å². The highest BCUT2D eigenvalue weighted by Gasteiger charge is 2.13. The van der Waals surface area contributed by atoms with Gasteiger partial charge in [-0.15, -0.1) is 0 Å². The SMILES string of the molecule is C/S(=N\CCOCCOC1CCCCO1)c1cccc(Br)c1. The van der Waals surface area contributed by atoms with Crippen LogP contribution in [0.15, 0.2) is 38.0 Å². The smallest absolute Gasteiger partial charge is 0.157 e. The third kappa shape index (κ3) is 6.87. The zero-order chi connectivity index (χ0) is 15.6. The van der Waals surface area contributed by atoms with Gasteiger partial charge in [-0.05, 0) is 43.7 Å². The molecule has 2 atom stereocenters. The molecule has 1 fully saturated rings. The van der Waals surface area contributed by atoms with Crippen LogP contribution in [0.25, 0.3) is 0 Å². The van der Waals surface area contributed by atoms with Gasteiger partial charge in [0.25, 0.3) is 0 Å². The van der Waals surface area contributed by atoms with Gasteiger partial charge < -0.3 is 14.2 Å². The van der Waals surface area contributed by atoms with Gasteiger partial charge in [0.15, 0.2) is 6.29 Å². The summed E-state index contributed by atoms with van der Waals surface area (Å²) >= 11 is 3.49. The van der Waals surface area contributed by atoms with Crippen molar-refractivity contribution in [1.29, 1.82) is 0 Å². The number of nitrogens with zero attached hydrogens (tertiary/aromatic N) is 1. The minimum Gasteiger partial charge on any atom is -0.377 e. The summed E-state index contributed by atoms with van der Waals surface area (Å²) in [7, 11) is -0.0910. The minimum absolute atomic E-state index is 0.0277. The topological polar surface area (TPSA) is 40.0 Å². The molecule has 22 heavy (non-hydrogen) atoms. The Bertz CT molecular complexity index is 478. The molecular formula is C16H24BrNO3S. The molecule has 0 radical (unpaired) electrons. The molecule has 6 heteroatoms. The summed E-state index contributed by atoms with van der Waals surface area (Å²) < 4.78 is 22.4. The molecule has 2 rings (SSSR count). The second kappa shape index (κ2) is 10.5. The molecule has 1 aromatic rings. The highest BCUT2D eigenvalue weighted by atomic mass is 79.9. The lowest BCUT2D eigenvalue weighted by molar-refractivity contribution is -0.168. The zero-order valence-electron chi connectivity index (χ0n) is 13.0. The fourth-order valence-electron chi connectivity index (χ4n) is 2.15. The molecule has 0 spiro atoms. The van der Waals surface area contributed by atoms with Gasteiger partial charge in [0.1, 0.15) is 0 Å². The fourth-order valence-corrected chi connectivity index (χ4v) is 3.77. The number of ether oxygens (including phenoxy) is 3. The van der Waals surface area contributed by atoms with E-state index < -0.39 is 0 Å². The number of rotatable bonds is 8. The van der Waals surface area contributed by atoms with Crippen molar-refractivity contribution >= 4 is 26.6 Å². The van der Waals surface area contributed by atoms with E-state index in [4.69, 9.17) is 14.2 Å². The van der Waals surface area contributed by atoms with Crippen molar-refractivity contribution in [1.82, 2.24) is 0 Å². The monoisotopic (exact) mass is 389 g/mol. The molecule has 1 aliphatic rings. The first-order valence-electron chi connectivity index (χ1n) is 7.66. The van der Waals surface area contributed by atoms with Gasteiger partial charge in [0.05, 0.1) is 26.4 Å². The maximum Gasteiger partial charge on any atom is 0.157 e.